The van der Waals surface area contributed by atoms with E-state index in [1.807, 2.05) is 48.5 Å². The van der Waals surface area contributed by atoms with Crippen molar-refractivity contribution in [2.45, 2.75) is 6.54 Å². The van der Waals surface area contributed by atoms with Crippen molar-refractivity contribution in [2.75, 3.05) is 7.11 Å². The van der Waals surface area contributed by atoms with Gasteiger partial charge in [-0.15, -0.1) is 0 Å². The molecule has 0 unspecified atom stereocenters. The molecule has 2 rings (SSSR count). The standard InChI is InChI=1S/C15H15IN2O/c1-19-14-5-3-2-4-12(14)10-18-15(17)11-6-8-13(16)9-7-11/h2-9H,10H2,1H3,(H2,17,18). The molecule has 2 aromatic carbocycles. The normalized spacial score (nSPS) is 10.0. The van der Waals surface area contributed by atoms with Gasteiger partial charge in [-0.1, -0.05) is 30.3 Å². The number of hydrogen-bond acceptors (Lipinski definition) is 2. The van der Waals surface area contributed by atoms with Crippen LogP contribution < -0.4 is 10.1 Å². The Labute approximate surface area is 126 Å². The second-order valence-electron chi connectivity index (χ2n) is 4.05. The Morgan fingerprint density at radius 2 is 1.84 bits per heavy atom. The Kier molecular flexibility index (Phi) is 4.79. The van der Waals surface area contributed by atoms with Crippen LogP contribution in [0.15, 0.2) is 48.5 Å². The molecule has 0 atom stereocenters. The Bertz CT molecular complexity index is 567. The van der Waals surface area contributed by atoms with E-state index in [4.69, 9.17) is 10.1 Å². The van der Waals surface area contributed by atoms with Crippen LogP contribution in [0.3, 0.4) is 0 Å². The molecule has 4 heteroatoms. The van der Waals surface area contributed by atoms with Crippen LogP contribution in [0.1, 0.15) is 11.1 Å². The van der Waals surface area contributed by atoms with Crippen LogP contribution in [-0.2, 0) is 6.54 Å². The summed E-state index contributed by atoms with van der Waals surface area (Å²) in [6.07, 6.45) is 0. The summed E-state index contributed by atoms with van der Waals surface area (Å²) in [6, 6.07) is 15.7. The van der Waals surface area contributed by atoms with Gasteiger partial charge in [0, 0.05) is 21.2 Å². The van der Waals surface area contributed by atoms with Gasteiger partial charge in [0.15, 0.2) is 0 Å². The number of rotatable bonds is 4. The first-order valence-electron chi connectivity index (χ1n) is 5.91. The summed E-state index contributed by atoms with van der Waals surface area (Å²) in [7, 11) is 1.66. The van der Waals surface area contributed by atoms with Crippen molar-refractivity contribution in [1.82, 2.24) is 5.32 Å². The number of amidine groups is 1. The fraction of sp³-hybridized carbons (Fsp3) is 0.133. The minimum Gasteiger partial charge on any atom is -0.496 e. The zero-order valence-electron chi connectivity index (χ0n) is 10.6. The highest BCUT2D eigenvalue weighted by Crippen LogP contribution is 2.17. The maximum atomic E-state index is 8.02. The molecule has 0 heterocycles. The van der Waals surface area contributed by atoms with Crippen LogP contribution in [-0.4, -0.2) is 12.9 Å². The molecular weight excluding hydrogens is 351 g/mol. The van der Waals surface area contributed by atoms with Crippen LogP contribution in [0, 0.1) is 8.98 Å². The molecule has 0 amide bonds. The highest BCUT2D eigenvalue weighted by molar-refractivity contribution is 14.1. The summed E-state index contributed by atoms with van der Waals surface area (Å²) in [5.41, 5.74) is 1.93. The van der Waals surface area contributed by atoms with Gasteiger partial charge in [0.05, 0.1) is 7.11 Å². The fourth-order valence-electron chi connectivity index (χ4n) is 1.75. The molecule has 0 radical (unpaired) electrons. The number of methoxy groups -OCH3 is 1. The van der Waals surface area contributed by atoms with Crippen LogP contribution in [0.5, 0.6) is 5.75 Å². The van der Waals surface area contributed by atoms with E-state index in [0.717, 1.165) is 16.9 Å². The highest BCUT2D eigenvalue weighted by Gasteiger charge is 2.04. The van der Waals surface area contributed by atoms with Gasteiger partial charge < -0.3 is 10.1 Å². The first kappa shape index (κ1) is 13.9. The molecule has 0 aliphatic heterocycles. The minimum absolute atomic E-state index is 0.419. The first-order chi connectivity index (χ1) is 9.20. The van der Waals surface area contributed by atoms with Crippen molar-refractivity contribution >= 4 is 28.4 Å². The van der Waals surface area contributed by atoms with Crippen molar-refractivity contribution in [3.63, 3.8) is 0 Å². The van der Waals surface area contributed by atoms with Crippen molar-refractivity contribution in [1.29, 1.82) is 5.41 Å². The molecule has 0 aliphatic rings. The molecule has 0 aliphatic carbocycles. The first-order valence-corrected chi connectivity index (χ1v) is 6.99. The Morgan fingerprint density at radius 3 is 2.53 bits per heavy atom. The van der Waals surface area contributed by atoms with E-state index in [9.17, 15) is 0 Å². The lowest BCUT2D eigenvalue weighted by Gasteiger charge is -2.11. The van der Waals surface area contributed by atoms with Crippen molar-refractivity contribution < 1.29 is 4.74 Å². The second kappa shape index (κ2) is 6.56. The van der Waals surface area contributed by atoms with E-state index in [2.05, 4.69) is 27.9 Å². The lowest BCUT2D eigenvalue weighted by molar-refractivity contribution is 0.409. The lowest BCUT2D eigenvalue weighted by atomic mass is 10.1. The van der Waals surface area contributed by atoms with Gasteiger partial charge in [-0.05, 0) is 40.8 Å². The molecule has 98 valence electrons. The molecule has 2 N–H and O–H groups in total. The molecule has 0 spiro atoms. The van der Waals surface area contributed by atoms with E-state index >= 15 is 0 Å². The molecule has 0 saturated carbocycles. The lowest BCUT2D eigenvalue weighted by Crippen LogP contribution is -2.23. The molecule has 0 bridgehead atoms. The van der Waals surface area contributed by atoms with Gasteiger partial charge in [0.25, 0.3) is 0 Å². The van der Waals surface area contributed by atoms with Crippen molar-refractivity contribution in [2.24, 2.45) is 0 Å². The zero-order chi connectivity index (χ0) is 13.7. The molecule has 3 nitrogen and oxygen atoms in total. The monoisotopic (exact) mass is 366 g/mol. The molecule has 0 aromatic heterocycles. The minimum atomic E-state index is 0.419. The molecular formula is C15H15IN2O. The number of nitrogens with one attached hydrogen (secondary N) is 2. The average Bonchev–Trinajstić information content (AvgIpc) is 2.45. The molecule has 19 heavy (non-hydrogen) atoms. The van der Waals surface area contributed by atoms with E-state index in [1.54, 1.807) is 7.11 Å². The smallest absolute Gasteiger partial charge is 0.125 e. The largest absolute Gasteiger partial charge is 0.496 e. The number of ether oxygens (including phenoxy) is 1. The Morgan fingerprint density at radius 1 is 1.16 bits per heavy atom. The molecule has 0 saturated heterocycles. The van der Waals surface area contributed by atoms with Crippen LogP contribution in [0.4, 0.5) is 0 Å². The van der Waals surface area contributed by atoms with E-state index in [0.29, 0.717) is 12.4 Å². The van der Waals surface area contributed by atoms with Gasteiger partial charge in [-0.25, -0.2) is 0 Å². The predicted molar refractivity (Wildman–Crippen MR) is 85.8 cm³/mol. The topological polar surface area (TPSA) is 45.1 Å². The SMILES string of the molecule is COc1ccccc1CNC(=N)c1ccc(I)cc1. The van der Waals surface area contributed by atoms with E-state index < -0.39 is 0 Å². The van der Waals surface area contributed by atoms with Crippen LogP contribution in [0.25, 0.3) is 0 Å². The fourth-order valence-corrected chi connectivity index (χ4v) is 2.11. The van der Waals surface area contributed by atoms with Crippen LogP contribution >= 0.6 is 22.6 Å². The van der Waals surface area contributed by atoms with Gasteiger partial charge in [0.2, 0.25) is 0 Å². The van der Waals surface area contributed by atoms with Gasteiger partial charge in [0.1, 0.15) is 11.6 Å². The number of benzene rings is 2. The zero-order valence-corrected chi connectivity index (χ0v) is 12.8. The molecule has 0 fully saturated rings. The third kappa shape index (κ3) is 3.70. The van der Waals surface area contributed by atoms with Gasteiger partial charge in [-0.2, -0.15) is 0 Å². The third-order valence-corrected chi connectivity index (χ3v) is 3.50. The molecule has 2 aromatic rings. The summed E-state index contributed by atoms with van der Waals surface area (Å²) < 4.78 is 6.45. The predicted octanol–water partition coefficient (Wildman–Crippen LogP) is 3.41. The van der Waals surface area contributed by atoms with E-state index in [-0.39, 0.29) is 0 Å². The quantitative estimate of drug-likeness (QED) is 0.495. The van der Waals surface area contributed by atoms with Crippen LogP contribution in [0.2, 0.25) is 0 Å². The van der Waals surface area contributed by atoms with Crippen molar-refractivity contribution in [3.05, 3.63) is 63.2 Å². The number of para-hydroxylation sites is 1. The van der Waals surface area contributed by atoms with Crippen molar-refractivity contribution in [3.8, 4) is 5.75 Å². The summed E-state index contributed by atoms with van der Waals surface area (Å²) in [5.74, 6) is 1.26. The Hall–Kier alpha value is -1.56. The second-order valence-corrected chi connectivity index (χ2v) is 5.29. The summed E-state index contributed by atoms with van der Waals surface area (Å²) in [4.78, 5) is 0. The maximum absolute atomic E-state index is 8.02. The van der Waals surface area contributed by atoms with Gasteiger partial charge >= 0.3 is 0 Å². The van der Waals surface area contributed by atoms with Gasteiger partial charge in [-0.3, -0.25) is 5.41 Å². The highest BCUT2D eigenvalue weighted by atomic mass is 127. The maximum Gasteiger partial charge on any atom is 0.125 e. The average molecular weight is 366 g/mol. The summed E-state index contributed by atoms with van der Waals surface area (Å²) in [6.45, 7) is 0.578. The van der Waals surface area contributed by atoms with E-state index in [1.165, 1.54) is 3.57 Å². The summed E-state index contributed by atoms with van der Waals surface area (Å²) >= 11 is 2.25. The summed E-state index contributed by atoms with van der Waals surface area (Å²) in [5, 5.41) is 11.1. The third-order valence-electron chi connectivity index (χ3n) is 2.78. The number of halogens is 1. The number of hydrogen-bond donors (Lipinski definition) is 2. The Balaban J connectivity index is 2.02.